The summed E-state index contributed by atoms with van der Waals surface area (Å²) in [4.78, 5) is 27.5. The minimum Gasteiger partial charge on any atom is -0.313 e. The molecule has 3 aromatic rings. The zero-order valence-corrected chi connectivity index (χ0v) is 17.0. The molecule has 1 aromatic heterocycles. The van der Waals surface area contributed by atoms with Crippen LogP contribution >= 0.6 is 11.3 Å². The Labute approximate surface area is 169 Å². The Hall–Kier alpha value is -2.72. The highest BCUT2D eigenvalue weighted by Gasteiger charge is 2.27. The van der Waals surface area contributed by atoms with E-state index >= 15 is 0 Å². The van der Waals surface area contributed by atoms with Crippen LogP contribution in [0.4, 0.5) is 5.00 Å². The molecule has 0 fully saturated rings. The highest BCUT2D eigenvalue weighted by atomic mass is 32.1. The monoisotopic (exact) mass is 389 g/mol. The summed E-state index contributed by atoms with van der Waals surface area (Å²) in [7, 11) is 0. The summed E-state index contributed by atoms with van der Waals surface area (Å²) < 4.78 is 0. The third kappa shape index (κ3) is 3.52. The Morgan fingerprint density at radius 1 is 0.929 bits per heavy atom. The second-order valence-electron chi connectivity index (χ2n) is 7.38. The van der Waals surface area contributed by atoms with Gasteiger partial charge in [0.25, 0.3) is 5.91 Å². The number of fused-ring (bicyclic) bond motifs is 1. The van der Waals surface area contributed by atoms with Crippen molar-refractivity contribution in [2.45, 2.75) is 39.5 Å². The first kappa shape index (κ1) is 18.6. The molecule has 0 bridgehead atoms. The van der Waals surface area contributed by atoms with E-state index in [1.54, 1.807) is 11.3 Å². The lowest BCUT2D eigenvalue weighted by Crippen LogP contribution is -2.15. The molecule has 0 aliphatic heterocycles. The zero-order chi connectivity index (χ0) is 19.7. The second kappa shape index (κ2) is 7.72. The number of thiophene rings is 1. The number of hydrogen-bond acceptors (Lipinski definition) is 3. The van der Waals surface area contributed by atoms with Gasteiger partial charge in [0.1, 0.15) is 5.00 Å². The maximum Gasteiger partial charge on any atom is 0.256 e. The molecule has 0 saturated heterocycles. The predicted molar refractivity (Wildman–Crippen MR) is 115 cm³/mol. The lowest BCUT2D eigenvalue weighted by atomic mass is 9.91. The van der Waals surface area contributed by atoms with E-state index in [0.717, 1.165) is 42.4 Å². The summed E-state index contributed by atoms with van der Waals surface area (Å²) >= 11 is 1.56. The van der Waals surface area contributed by atoms with Crippen LogP contribution in [0.25, 0.3) is 0 Å². The van der Waals surface area contributed by atoms with Crippen molar-refractivity contribution in [3.8, 4) is 0 Å². The molecule has 142 valence electrons. The molecule has 0 spiro atoms. The van der Waals surface area contributed by atoms with Crippen molar-refractivity contribution >= 4 is 28.0 Å². The van der Waals surface area contributed by atoms with E-state index in [2.05, 4.69) is 5.32 Å². The normalized spacial score (nSPS) is 13.1. The highest BCUT2D eigenvalue weighted by molar-refractivity contribution is 7.17. The predicted octanol–water partition coefficient (Wildman–Crippen LogP) is 5.73. The molecule has 1 amide bonds. The molecule has 1 heterocycles. The molecule has 4 rings (SSSR count). The van der Waals surface area contributed by atoms with E-state index in [4.69, 9.17) is 0 Å². The quantitative estimate of drug-likeness (QED) is 0.580. The maximum atomic E-state index is 13.4. The molecular weight excluding hydrogens is 366 g/mol. The van der Waals surface area contributed by atoms with Crippen LogP contribution in [0.5, 0.6) is 0 Å². The Balaban J connectivity index is 1.74. The Morgan fingerprint density at radius 3 is 2.39 bits per heavy atom. The van der Waals surface area contributed by atoms with Gasteiger partial charge in [0, 0.05) is 16.0 Å². The lowest BCUT2D eigenvalue weighted by Gasteiger charge is -2.13. The molecule has 0 radical (unpaired) electrons. The third-order valence-corrected chi connectivity index (χ3v) is 6.54. The minimum atomic E-state index is -0.158. The van der Waals surface area contributed by atoms with Gasteiger partial charge in [0.05, 0.1) is 5.56 Å². The number of ketones is 1. The van der Waals surface area contributed by atoms with E-state index < -0.39 is 0 Å². The van der Waals surface area contributed by atoms with Crippen LogP contribution in [-0.2, 0) is 12.8 Å². The van der Waals surface area contributed by atoms with Gasteiger partial charge in [-0.3, -0.25) is 9.59 Å². The number of benzene rings is 2. The smallest absolute Gasteiger partial charge is 0.256 e. The van der Waals surface area contributed by atoms with Crippen molar-refractivity contribution in [3.63, 3.8) is 0 Å². The van der Waals surface area contributed by atoms with E-state index in [9.17, 15) is 9.59 Å². The number of nitrogens with one attached hydrogen (secondary N) is 1. The van der Waals surface area contributed by atoms with Gasteiger partial charge in [-0.25, -0.2) is 0 Å². The van der Waals surface area contributed by atoms with Crippen LogP contribution in [0, 0.1) is 13.8 Å². The Kier molecular flexibility index (Phi) is 5.14. The standard InChI is InChI=1S/C24H23NO2S/c1-15-11-13-17(14-12-15)22(26)21-19-9-5-6-10-20(19)28-24(21)25-23(27)18-8-4-3-7-16(18)2/h3-4,7-8,11-14H,5-6,9-10H2,1-2H3,(H,25,27). The van der Waals surface area contributed by atoms with Crippen LogP contribution in [0.15, 0.2) is 48.5 Å². The third-order valence-electron chi connectivity index (χ3n) is 5.33. The first-order valence-corrected chi connectivity index (χ1v) is 10.5. The summed E-state index contributed by atoms with van der Waals surface area (Å²) in [5.41, 5.74) is 5.17. The van der Waals surface area contributed by atoms with E-state index in [0.29, 0.717) is 21.7 Å². The van der Waals surface area contributed by atoms with Gasteiger partial charge < -0.3 is 5.32 Å². The lowest BCUT2D eigenvalue weighted by molar-refractivity contribution is 0.102. The molecule has 1 aliphatic rings. The molecule has 0 atom stereocenters. The summed E-state index contributed by atoms with van der Waals surface area (Å²) in [5.74, 6) is -0.158. The average molecular weight is 390 g/mol. The molecule has 3 nitrogen and oxygen atoms in total. The number of hydrogen-bond donors (Lipinski definition) is 1. The first-order chi connectivity index (χ1) is 13.5. The van der Waals surface area contributed by atoms with Crippen LogP contribution in [0.3, 0.4) is 0 Å². The highest BCUT2D eigenvalue weighted by Crippen LogP contribution is 2.39. The fourth-order valence-electron chi connectivity index (χ4n) is 3.74. The first-order valence-electron chi connectivity index (χ1n) is 9.67. The van der Waals surface area contributed by atoms with Crippen molar-refractivity contribution < 1.29 is 9.59 Å². The molecule has 2 aromatic carbocycles. The number of carbonyl (C=O) groups is 2. The summed E-state index contributed by atoms with van der Waals surface area (Å²) in [6, 6.07) is 15.2. The molecule has 0 saturated carbocycles. The van der Waals surface area contributed by atoms with E-state index in [1.165, 1.54) is 4.88 Å². The van der Waals surface area contributed by atoms with Gasteiger partial charge in [0.2, 0.25) is 0 Å². The van der Waals surface area contributed by atoms with E-state index in [1.807, 2.05) is 62.4 Å². The molecule has 1 aliphatic carbocycles. The van der Waals surface area contributed by atoms with Gasteiger partial charge in [-0.05, 0) is 56.7 Å². The van der Waals surface area contributed by atoms with Crippen LogP contribution < -0.4 is 5.32 Å². The minimum absolute atomic E-state index is 0.000478. The fraction of sp³-hybridized carbons (Fsp3) is 0.250. The van der Waals surface area contributed by atoms with Gasteiger partial charge in [-0.15, -0.1) is 11.3 Å². The number of amides is 1. The van der Waals surface area contributed by atoms with Gasteiger partial charge >= 0.3 is 0 Å². The van der Waals surface area contributed by atoms with Crippen LogP contribution in [0.1, 0.15) is 60.7 Å². The maximum absolute atomic E-state index is 13.4. The molecule has 4 heteroatoms. The number of aryl methyl sites for hydroxylation is 3. The summed E-state index contributed by atoms with van der Waals surface area (Å²) in [6.45, 7) is 3.93. The Bertz CT molecular complexity index is 1050. The van der Waals surface area contributed by atoms with Crippen LogP contribution in [0.2, 0.25) is 0 Å². The van der Waals surface area contributed by atoms with Crippen molar-refractivity contribution in [3.05, 3.63) is 86.8 Å². The molecule has 28 heavy (non-hydrogen) atoms. The molecular formula is C24H23NO2S. The zero-order valence-electron chi connectivity index (χ0n) is 16.2. The molecule has 0 unspecified atom stereocenters. The van der Waals surface area contributed by atoms with Crippen molar-refractivity contribution in [2.24, 2.45) is 0 Å². The van der Waals surface area contributed by atoms with E-state index in [-0.39, 0.29) is 11.7 Å². The topological polar surface area (TPSA) is 46.2 Å². The van der Waals surface area contributed by atoms with Crippen molar-refractivity contribution in [2.75, 3.05) is 5.32 Å². The number of rotatable bonds is 4. The van der Waals surface area contributed by atoms with Crippen molar-refractivity contribution in [1.29, 1.82) is 0 Å². The summed E-state index contributed by atoms with van der Waals surface area (Å²) in [6.07, 6.45) is 4.10. The Morgan fingerprint density at radius 2 is 1.64 bits per heavy atom. The molecule has 1 N–H and O–H groups in total. The van der Waals surface area contributed by atoms with Gasteiger partial charge in [-0.2, -0.15) is 0 Å². The fourth-order valence-corrected chi connectivity index (χ4v) is 5.02. The SMILES string of the molecule is Cc1ccc(C(=O)c2c(NC(=O)c3ccccc3C)sc3c2CCCC3)cc1. The summed E-state index contributed by atoms with van der Waals surface area (Å²) in [5, 5.41) is 3.73. The number of carbonyl (C=O) groups excluding carboxylic acids is 2. The van der Waals surface area contributed by atoms with Gasteiger partial charge in [-0.1, -0.05) is 48.0 Å². The van der Waals surface area contributed by atoms with Crippen molar-refractivity contribution in [1.82, 2.24) is 0 Å². The van der Waals surface area contributed by atoms with Crippen LogP contribution in [-0.4, -0.2) is 11.7 Å². The average Bonchev–Trinajstić information content (AvgIpc) is 3.06. The second-order valence-corrected chi connectivity index (χ2v) is 8.48. The number of anilines is 1. The van der Waals surface area contributed by atoms with Gasteiger partial charge in [0.15, 0.2) is 5.78 Å². The largest absolute Gasteiger partial charge is 0.313 e.